The summed E-state index contributed by atoms with van der Waals surface area (Å²) in [5, 5.41) is 0. The molecule has 1 atom stereocenters. The Balaban J connectivity index is 1.91. The minimum absolute atomic E-state index is 0.655. The van der Waals surface area contributed by atoms with Crippen LogP contribution in [0.15, 0.2) is 24.3 Å². The summed E-state index contributed by atoms with van der Waals surface area (Å²) in [6, 6.07) is 7.12. The molecule has 0 N–H and O–H groups in total. The lowest BCUT2D eigenvalue weighted by atomic mass is 9.98. The lowest BCUT2D eigenvalue weighted by Gasteiger charge is -2.36. The molecule has 3 rings (SSSR count). The zero-order chi connectivity index (χ0) is 11.8. The van der Waals surface area contributed by atoms with Crippen LogP contribution in [-0.2, 0) is 6.42 Å². The monoisotopic (exact) mass is 229 g/mol. The first-order chi connectivity index (χ1) is 8.28. The van der Waals surface area contributed by atoms with Crippen LogP contribution in [0.5, 0.6) is 5.75 Å². The van der Waals surface area contributed by atoms with Crippen molar-refractivity contribution in [2.75, 3.05) is 20.7 Å². The third kappa shape index (κ3) is 1.87. The van der Waals surface area contributed by atoms with Gasteiger partial charge in [-0.15, -0.1) is 0 Å². The summed E-state index contributed by atoms with van der Waals surface area (Å²) in [7, 11) is 3.94. The van der Waals surface area contributed by atoms with E-state index in [4.69, 9.17) is 4.74 Å². The normalized spacial score (nSPS) is 25.8. The standard InChI is InChI=1S/C15H19NO/c1-16-8-7-13(16)9-12-4-3-11-5-6-14(17-2)10-15(11)12/h5-6,9-10,13H,3-4,7-8H2,1-2H3/b12-9+. The van der Waals surface area contributed by atoms with Crippen molar-refractivity contribution in [3.05, 3.63) is 35.4 Å². The molecule has 1 aromatic rings. The Morgan fingerprint density at radius 2 is 2.24 bits per heavy atom. The molecule has 90 valence electrons. The number of rotatable bonds is 2. The summed E-state index contributed by atoms with van der Waals surface area (Å²) < 4.78 is 5.32. The Bertz CT molecular complexity index is 464. The summed E-state index contributed by atoms with van der Waals surface area (Å²) in [5.41, 5.74) is 4.39. The molecule has 0 aromatic heterocycles. The highest BCUT2D eigenvalue weighted by atomic mass is 16.5. The zero-order valence-corrected chi connectivity index (χ0v) is 10.6. The van der Waals surface area contributed by atoms with Crippen molar-refractivity contribution in [1.29, 1.82) is 0 Å². The first-order valence-corrected chi connectivity index (χ1v) is 6.36. The molecule has 1 unspecified atom stereocenters. The molecule has 1 aromatic carbocycles. The molecule has 1 saturated heterocycles. The molecular weight excluding hydrogens is 210 g/mol. The minimum Gasteiger partial charge on any atom is -0.497 e. The van der Waals surface area contributed by atoms with Crippen LogP contribution in [0.3, 0.4) is 0 Å². The van der Waals surface area contributed by atoms with Gasteiger partial charge in [-0.3, -0.25) is 4.90 Å². The summed E-state index contributed by atoms with van der Waals surface area (Å²) in [6.45, 7) is 1.24. The molecule has 0 radical (unpaired) electrons. The topological polar surface area (TPSA) is 12.5 Å². The first kappa shape index (κ1) is 10.8. The van der Waals surface area contributed by atoms with Crippen LogP contribution in [-0.4, -0.2) is 31.6 Å². The van der Waals surface area contributed by atoms with Gasteiger partial charge in [-0.25, -0.2) is 0 Å². The van der Waals surface area contributed by atoms with Gasteiger partial charge in [-0.2, -0.15) is 0 Å². The number of ether oxygens (including phenoxy) is 1. The van der Waals surface area contributed by atoms with Crippen molar-refractivity contribution >= 4 is 5.57 Å². The fourth-order valence-corrected chi connectivity index (χ4v) is 2.76. The third-order valence-corrected chi connectivity index (χ3v) is 4.06. The van der Waals surface area contributed by atoms with Crippen molar-refractivity contribution in [1.82, 2.24) is 4.90 Å². The lowest BCUT2D eigenvalue weighted by Crippen LogP contribution is -2.43. The molecule has 2 nitrogen and oxygen atoms in total. The largest absolute Gasteiger partial charge is 0.497 e. The van der Waals surface area contributed by atoms with Crippen molar-refractivity contribution < 1.29 is 4.74 Å². The van der Waals surface area contributed by atoms with E-state index < -0.39 is 0 Å². The number of fused-ring (bicyclic) bond motifs is 1. The molecule has 17 heavy (non-hydrogen) atoms. The Kier molecular flexibility index (Phi) is 2.67. The van der Waals surface area contributed by atoms with Crippen molar-refractivity contribution in [3.63, 3.8) is 0 Å². The van der Waals surface area contributed by atoms with Gasteiger partial charge in [-0.1, -0.05) is 12.1 Å². The number of benzene rings is 1. The molecule has 1 aliphatic carbocycles. The highest BCUT2D eigenvalue weighted by molar-refractivity contribution is 5.74. The van der Waals surface area contributed by atoms with E-state index in [9.17, 15) is 0 Å². The zero-order valence-electron chi connectivity index (χ0n) is 10.6. The predicted octanol–water partition coefficient (Wildman–Crippen LogP) is 2.73. The van der Waals surface area contributed by atoms with Gasteiger partial charge in [0, 0.05) is 12.6 Å². The maximum absolute atomic E-state index is 5.32. The minimum atomic E-state index is 0.655. The van der Waals surface area contributed by atoms with Crippen LogP contribution in [0.4, 0.5) is 0 Å². The number of likely N-dealkylation sites (N-methyl/N-ethyl adjacent to an activating group) is 1. The van der Waals surface area contributed by atoms with Crippen LogP contribution >= 0.6 is 0 Å². The molecule has 0 bridgehead atoms. The third-order valence-electron chi connectivity index (χ3n) is 4.06. The van der Waals surface area contributed by atoms with Crippen LogP contribution in [0, 0.1) is 0 Å². The second-order valence-electron chi connectivity index (χ2n) is 5.05. The molecule has 1 fully saturated rings. The SMILES string of the molecule is COc1ccc2c(c1)/C(=C/C1CCN1C)CC2. The van der Waals surface area contributed by atoms with E-state index >= 15 is 0 Å². The maximum atomic E-state index is 5.32. The summed E-state index contributed by atoms with van der Waals surface area (Å²) in [5.74, 6) is 0.971. The van der Waals surface area contributed by atoms with Crippen LogP contribution in [0.2, 0.25) is 0 Å². The number of hydrogen-bond donors (Lipinski definition) is 0. The van der Waals surface area contributed by atoms with E-state index in [2.05, 4.69) is 36.2 Å². The smallest absolute Gasteiger partial charge is 0.119 e. The van der Waals surface area contributed by atoms with E-state index in [0.29, 0.717) is 6.04 Å². The van der Waals surface area contributed by atoms with E-state index in [1.54, 1.807) is 7.11 Å². The van der Waals surface area contributed by atoms with Crippen LogP contribution in [0.25, 0.3) is 5.57 Å². The fraction of sp³-hybridized carbons (Fsp3) is 0.467. The van der Waals surface area contributed by atoms with Gasteiger partial charge in [0.05, 0.1) is 7.11 Å². The van der Waals surface area contributed by atoms with Crippen molar-refractivity contribution in [2.45, 2.75) is 25.3 Å². The Labute approximate surface area is 103 Å². The van der Waals surface area contributed by atoms with Gasteiger partial charge in [-0.05, 0) is 55.1 Å². The molecule has 1 heterocycles. The average molecular weight is 229 g/mol. The predicted molar refractivity (Wildman–Crippen MR) is 70.3 cm³/mol. The number of aryl methyl sites for hydroxylation is 1. The molecule has 0 saturated carbocycles. The number of hydrogen-bond acceptors (Lipinski definition) is 2. The number of allylic oxidation sites excluding steroid dienone is 1. The van der Waals surface area contributed by atoms with Crippen molar-refractivity contribution in [3.8, 4) is 5.75 Å². The summed E-state index contributed by atoms with van der Waals surface area (Å²) in [4.78, 5) is 2.41. The molecular formula is C15H19NO. The Hall–Kier alpha value is -1.28. The average Bonchev–Trinajstić information content (AvgIpc) is 2.76. The molecule has 0 amide bonds. The van der Waals surface area contributed by atoms with Gasteiger partial charge >= 0.3 is 0 Å². The van der Waals surface area contributed by atoms with E-state index in [1.165, 1.54) is 42.5 Å². The Morgan fingerprint density at radius 1 is 1.35 bits per heavy atom. The molecule has 1 aliphatic heterocycles. The van der Waals surface area contributed by atoms with Gasteiger partial charge in [0.1, 0.15) is 5.75 Å². The quantitative estimate of drug-likeness (QED) is 0.773. The lowest BCUT2D eigenvalue weighted by molar-refractivity contribution is 0.166. The second-order valence-corrected chi connectivity index (χ2v) is 5.05. The highest BCUT2D eigenvalue weighted by Gasteiger charge is 2.24. The van der Waals surface area contributed by atoms with Crippen LogP contribution < -0.4 is 4.74 Å². The van der Waals surface area contributed by atoms with E-state index in [0.717, 1.165) is 5.75 Å². The number of nitrogens with zero attached hydrogens (tertiary/aromatic N) is 1. The van der Waals surface area contributed by atoms with Gasteiger partial charge in [0.15, 0.2) is 0 Å². The summed E-state index contributed by atoms with van der Waals surface area (Å²) >= 11 is 0. The van der Waals surface area contributed by atoms with Gasteiger partial charge in [0.25, 0.3) is 0 Å². The first-order valence-electron chi connectivity index (χ1n) is 6.36. The fourth-order valence-electron chi connectivity index (χ4n) is 2.76. The number of methoxy groups -OCH3 is 1. The molecule has 2 aliphatic rings. The van der Waals surface area contributed by atoms with Gasteiger partial charge < -0.3 is 4.74 Å². The highest BCUT2D eigenvalue weighted by Crippen LogP contribution is 2.36. The van der Waals surface area contributed by atoms with E-state index in [-0.39, 0.29) is 0 Å². The number of likely N-dealkylation sites (tertiary alicyclic amines) is 1. The molecule has 0 spiro atoms. The van der Waals surface area contributed by atoms with Crippen LogP contribution in [0.1, 0.15) is 24.0 Å². The Morgan fingerprint density at radius 3 is 2.88 bits per heavy atom. The molecule has 2 heteroatoms. The van der Waals surface area contributed by atoms with Crippen molar-refractivity contribution in [2.24, 2.45) is 0 Å². The van der Waals surface area contributed by atoms with E-state index in [1.807, 2.05) is 0 Å². The summed E-state index contributed by atoms with van der Waals surface area (Å²) in [6.07, 6.45) is 6.13. The maximum Gasteiger partial charge on any atom is 0.119 e. The second kappa shape index (κ2) is 4.19. The van der Waals surface area contributed by atoms with Gasteiger partial charge in [0.2, 0.25) is 0 Å².